The lowest BCUT2D eigenvalue weighted by atomic mass is 10.2. The van der Waals surface area contributed by atoms with Crippen molar-refractivity contribution in [3.05, 3.63) is 40.1 Å². The quantitative estimate of drug-likeness (QED) is 0.624. The van der Waals surface area contributed by atoms with E-state index in [0.29, 0.717) is 16.6 Å². The minimum Gasteiger partial charge on any atom is -0.463 e. The molecule has 0 aliphatic rings. The maximum absolute atomic E-state index is 13.4. The Morgan fingerprint density at radius 3 is 3.00 bits per heavy atom. The first-order valence-corrected chi connectivity index (χ1v) is 5.23. The molecule has 15 heavy (non-hydrogen) atoms. The van der Waals surface area contributed by atoms with Crippen LogP contribution in [0.4, 0.5) is 4.39 Å². The molecule has 0 aliphatic heterocycles. The molecule has 0 amide bonds. The minimum absolute atomic E-state index is 0.310. The molecule has 4 heteroatoms. The lowest BCUT2D eigenvalue weighted by Gasteiger charge is -1.99. The number of carbonyl (C=O) groups is 1. The molecule has 1 rings (SSSR count). The van der Waals surface area contributed by atoms with Crippen molar-refractivity contribution in [1.82, 2.24) is 0 Å². The second-order valence-electron chi connectivity index (χ2n) is 2.73. The van der Waals surface area contributed by atoms with E-state index in [1.165, 1.54) is 12.2 Å². The second-order valence-corrected chi connectivity index (χ2v) is 3.58. The van der Waals surface area contributed by atoms with Gasteiger partial charge in [-0.1, -0.05) is 12.1 Å². The van der Waals surface area contributed by atoms with E-state index in [-0.39, 0.29) is 0 Å². The number of ether oxygens (including phenoxy) is 1. The lowest BCUT2D eigenvalue weighted by molar-refractivity contribution is -0.137. The summed E-state index contributed by atoms with van der Waals surface area (Å²) in [6.07, 6.45) is 2.59. The summed E-state index contributed by atoms with van der Waals surface area (Å²) in [7, 11) is 0. The summed E-state index contributed by atoms with van der Waals surface area (Å²) in [5.74, 6) is -0.866. The van der Waals surface area contributed by atoms with Crippen LogP contribution in [0.3, 0.4) is 0 Å². The van der Waals surface area contributed by atoms with Crippen molar-refractivity contribution < 1.29 is 13.9 Å². The van der Waals surface area contributed by atoms with Crippen LogP contribution in [0.25, 0.3) is 6.08 Å². The fourth-order valence-electron chi connectivity index (χ4n) is 0.997. The number of hydrogen-bond acceptors (Lipinski definition) is 2. The van der Waals surface area contributed by atoms with E-state index in [2.05, 4.69) is 20.7 Å². The number of halogens is 2. The largest absolute Gasteiger partial charge is 0.463 e. The molecule has 0 saturated heterocycles. The average molecular weight is 273 g/mol. The summed E-state index contributed by atoms with van der Waals surface area (Å²) in [4.78, 5) is 11.0. The Kier molecular flexibility index (Phi) is 4.49. The van der Waals surface area contributed by atoms with E-state index in [1.807, 2.05) is 0 Å². The average Bonchev–Trinajstić information content (AvgIpc) is 2.21. The first-order chi connectivity index (χ1) is 7.15. The molecule has 0 saturated carbocycles. The van der Waals surface area contributed by atoms with Gasteiger partial charge in [0.1, 0.15) is 5.82 Å². The summed E-state index contributed by atoms with van der Waals surface area (Å²) < 4.78 is 18.4. The van der Waals surface area contributed by atoms with E-state index >= 15 is 0 Å². The number of hydrogen-bond donors (Lipinski definition) is 0. The Morgan fingerprint density at radius 1 is 1.60 bits per heavy atom. The van der Waals surface area contributed by atoms with E-state index in [1.54, 1.807) is 25.1 Å². The van der Waals surface area contributed by atoms with Crippen molar-refractivity contribution in [2.45, 2.75) is 6.92 Å². The smallest absolute Gasteiger partial charge is 0.330 e. The van der Waals surface area contributed by atoms with Crippen LogP contribution in [-0.4, -0.2) is 12.6 Å². The van der Waals surface area contributed by atoms with Crippen LogP contribution in [-0.2, 0) is 9.53 Å². The monoisotopic (exact) mass is 272 g/mol. The highest BCUT2D eigenvalue weighted by Crippen LogP contribution is 2.19. The predicted octanol–water partition coefficient (Wildman–Crippen LogP) is 3.16. The molecule has 0 unspecified atom stereocenters. The van der Waals surface area contributed by atoms with Gasteiger partial charge in [-0.15, -0.1) is 0 Å². The third-order valence-electron chi connectivity index (χ3n) is 1.67. The van der Waals surface area contributed by atoms with Gasteiger partial charge in [0.25, 0.3) is 0 Å². The number of benzene rings is 1. The van der Waals surface area contributed by atoms with Crippen LogP contribution in [0.15, 0.2) is 28.7 Å². The molecule has 0 heterocycles. The van der Waals surface area contributed by atoms with E-state index in [0.717, 1.165) is 0 Å². The first kappa shape index (κ1) is 11.9. The molecule has 2 nitrogen and oxygen atoms in total. The second kappa shape index (κ2) is 5.66. The van der Waals surface area contributed by atoms with E-state index in [9.17, 15) is 9.18 Å². The highest BCUT2D eigenvalue weighted by Gasteiger charge is 2.03. The molecule has 0 aromatic heterocycles. The minimum atomic E-state index is -0.475. The van der Waals surface area contributed by atoms with Gasteiger partial charge in [-0.25, -0.2) is 9.18 Å². The summed E-state index contributed by atoms with van der Waals surface area (Å²) in [6.45, 7) is 2.02. The van der Waals surface area contributed by atoms with Crippen LogP contribution in [0, 0.1) is 5.82 Å². The summed E-state index contributed by atoms with van der Waals surface area (Å²) >= 11 is 3.06. The van der Waals surface area contributed by atoms with Gasteiger partial charge in [0, 0.05) is 11.6 Å². The van der Waals surface area contributed by atoms with Crippen LogP contribution < -0.4 is 0 Å². The molecule has 0 spiro atoms. The summed E-state index contributed by atoms with van der Waals surface area (Å²) in [6, 6.07) is 4.87. The van der Waals surface area contributed by atoms with Crippen LogP contribution in [0.1, 0.15) is 12.5 Å². The van der Waals surface area contributed by atoms with Crippen molar-refractivity contribution >= 4 is 28.0 Å². The topological polar surface area (TPSA) is 26.3 Å². The molecule has 0 atom stereocenters. The Bertz CT molecular complexity index is 388. The molecule has 0 radical (unpaired) electrons. The SMILES string of the molecule is CCOC(=O)/C=C/c1cccc(Br)c1F. The van der Waals surface area contributed by atoms with Crippen LogP contribution in [0.2, 0.25) is 0 Å². The zero-order chi connectivity index (χ0) is 11.3. The van der Waals surface area contributed by atoms with Gasteiger partial charge in [0.2, 0.25) is 0 Å². The van der Waals surface area contributed by atoms with Crippen LogP contribution >= 0.6 is 15.9 Å². The van der Waals surface area contributed by atoms with Crippen molar-refractivity contribution in [2.75, 3.05) is 6.61 Å². The molecule has 0 N–H and O–H groups in total. The molecule has 0 aliphatic carbocycles. The van der Waals surface area contributed by atoms with Gasteiger partial charge in [0.05, 0.1) is 11.1 Å². The Hall–Kier alpha value is -1.16. The third kappa shape index (κ3) is 3.47. The van der Waals surface area contributed by atoms with Crippen molar-refractivity contribution in [1.29, 1.82) is 0 Å². The van der Waals surface area contributed by atoms with Gasteiger partial charge >= 0.3 is 5.97 Å². The normalized spacial score (nSPS) is 10.6. The maximum atomic E-state index is 13.4. The molecule has 80 valence electrons. The maximum Gasteiger partial charge on any atom is 0.330 e. The van der Waals surface area contributed by atoms with E-state index < -0.39 is 11.8 Å². The molecule has 1 aromatic carbocycles. The zero-order valence-electron chi connectivity index (χ0n) is 8.17. The number of esters is 1. The zero-order valence-corrected chi connectivity index (χ0v) is 9.75. The predicted molar refractivity (Wildman–Crippen MR) is 59.8 cm³/mol. The molecular formula is C11H10BrFO2. The standard InChI is InChI=1S/C11H10BrFO2/c1-2-15-10(14)7-6-8-4-3-5-9(12)11(8)13/h3-7H,2H2,1H3/b7-6+. The van der Waals surface area contributed by atoms with Gasteiger partial charge in [0.15, 0.2) is 0 Å². The van der Waals surface area contributed by atoms with Gasteiger partial charge in [-0.05, 0) is 35.0 Å². The third-order valence-corrected chi connectivity index (χ3v) is 2.28. The van der Waals surface area contributed by atoms with Crippen molar-refractivity contribution in [2.24, 2.45) is 0 Å². The highest BCUT2D eigenvalue weighted by molar-refractivity contribution is 9.10. The van der Waals surface area contributed by atoms with E-state index in [4.69, 9.17) is 0 Å². The molecular weight excluding hydrogens is 263 g/mol. The first-order valence-electron chi connectivity index (χ1n) is 4.44. The Balaban J connectivity index is 2.81. The molecule has 0 bridgehead atoms. The van der Waals surface area contributed by atoms with Crippen molar-refractivity contribution in [3.63, 3.8) is 0 Å². The lowest BCUT2D eigenvalue weighted by Crippen LogP contribution is -1.98. The number of rotatable bonds is 3. The summed E-state index contributed by atoms with van der Waals surface area (Å²) in [5, 5.41) is 0. The van der Waals surface area contributed by atoms with Gasteiger partial charge in [-0.2, -0.15) is 0 Å². The fraction of sp³-hybridized carbons (Fsp3) is 0.182. The van der Waals surface area contributed by atoms with Crippen molar-refractivity contribution in [3.8, 4) is 0 Å². The highest BCUT2D eigenvalue weighted by atomic mass is 79.9. The molecule has 1 aromatic rings. The Morgan fingerprint density at radius 2 is 2.33 bits per heavy atom. The van der Waals surface area contributed by atoms with Gasteiger partial charge in [-0.3, -0.25) is 0 Å². The summed E-state index contributed by atoms with van der Waals surface area (Å²) in [5.41, 5.74) is 0.345. The Labute approximate surface area is 95.9 Å². The number of carbonyl (C=O) groups excluding carboxylic acids is 1. The van der Waals surface area contributed by atoms with Gasteiger partial charge < -0.3 is 4.74 Å². The van der Waals surface area contributed by atoms with Crippen LogP contribution in [0.5, 0.6) is 0 Å². The molecule has 0 fully saturated rings. The fourth-order valence-corrected chi connectivity index (χ4v) is 1.38.